The van der Waals surface area contributed by atoms with Crippen LogP contribution in [0.3, 0.4) is 0 Å². The number of halogens is 3. The molecule has 2 aromatic rings. The Morgan fingerprint density at radius 2 is 1.80 bits per heavy atom. The van der Waals surface area contributed by atoms with E-state index in [1.54, 1.807) is 7.05 Å². The summed E-state index contributed by atoms with van der Waals surface area (Å²) in [4.78, 5) is 19.6. The van der Waals surface area contributed by atoms with Gasteiger partial charge in [-0.1, -0.05) is 34.8 Å². The van der Waals surface area contributed by atoms with Gasteiger partial charge < -0.3 is 14.5 Å². The molecular formula is C18H21Cl3N4O4S. The van der Waals surface area contributed by atoms with Gasteiger partial charge in [-0.05, 0) is 38.4 Å². The standard InChI is InChI=1S/C18H21Cl3N4O4S/c1-24(2)6-7-25(3)17(26)11-29-18-16(8-12(19)10-22-18)23-30(27,28)13-4-5-14(20)15(21)9-13/h4-5,8-10,23H,6-7,11H2,1-3H3. The molecule has 1 N–H and O–H groups in total. The van der Waals surface area contributed by atoms with Crippen molar-refractivity contribution in [1.29, 1.82) is 0 Å². The summed E-state index contributed by atoms with van der Waals surface area (Å²) in [5, 5.41) is 0.496. The van der Waals surface area contributed by atoms with Crippen molar-refractivity contribution < 1.29 is 17.9 Å². The quantitative estimate of drug-likeness (QED) is 0.574. The number of hydrogen-bond acceptors (Lipinski definition) is 6. The Morgan fingerprint density at radius 1 is 1.10 bits per heavy atom. The minimum atomic E-state index is -4.04. The molecule has 1 aromatic carbocycles. The number of carbonyl (C=O) groups is 1. The zero-order valence-electron chi connectivity index (χ0n) is 16.5. The highest BCUT2D eigenvalue weighted by atomic mass is 35.5. The molecule has 0 aliphatic carbocycles. The average Bonchev–Trinajstić information content (AvgIpc) is 2.66. The van der Waals surface area contributed by atoms with Gasteiger partial charge in [-0.3, -0.25) is 9.52 Å². The molecule has 0 saturated heterocycles. The zero-order valence-corrected chi connectivity index (χ0v) is 19.6. The Morgan fingerprint density at radius 3 is 2.43 bits per heavy atom. The molecule has 12 heteroatoms. The highest BCUT2D eigenvalue weighted by molar-refractivity contribution is 7.92. The average molecular weight is 496 g/mol. The first-order chi connectivity index (χ1) is 14.0. The maximum absolute atomic E-state index is 12.7. The van der Waals surface area contributed by atoms with Gasteiger partial charge in [0.2, 0.25) is 5.88 Å². The summed E-state index contributed by atoms with van der Waals surface area (Å²) in [5.74, 6) is -0.371. The van der Waals surface area contributed by atoms with E-state index in [1.165, 1.54) is 35.4 Å². The van der Waals surface area contributed by atoms with E-state index in [0.29, 0.717) is 13.1 Å². The van der Waals surface area contributed by atoms with E-state index in [0.717, 1.165) is 0 Å². The number of likely N-dealkylation sites (N-methyl/N-ethyl adjacent to an activating group) is 2. The van der Waals surface area contributed by atoms with Gasteiger partial charge in [0.1, 0.15) is 5.69 Å². The number of ether oxygens (including phenoxy) is 1. The van der Waals surface area contributed by atoms with Crippen LogP contribution in [0.1, 0.15) is 0 Å². The van der Waals surface area contributed by atoms with Crippen LogP contribution >= 0.6 is 34.8 Å². The van der Waals surface area contributed by atoms with Crippen molar-refractivity contribution >= 4 is 56.4 Å². The lowest BCUT2D eigenvalue weighted by Crippen LogP contribution is -2.36. The number of pyridine rings is 1. The third kappa shape index (κ3) is 6.88. The molecule has 0 atom stereocenters. The Hall–Kier alpha value is -1.78. The Balaban J connectivity index is 2.16. The van der Waals surface area contributed by atoms with Crippen LogP contribution in [0.25, 0.3) is 0 Å². The molecule has 2 rings (SSSR count). The van der Waals surface area contributed by atoms with E-state index < -0.39 is 10.0 Å². The number of sulfonamides is 1. The lowest BCUT2D eigenvalue weighted by Gasteiger charge is -2.20. The Labute approximate surface area is 190 Å². The maximum atomic E-state index is 12.7. The Bertz CT molecular complexity index is 1020. The van der Waals surface area contributed by atoms with Crippen molar-refractivity contribution in [1.82, 2.24) is 14.8 Å². The normalized spacial score (nSPS) is 11.4. The number of carbonyl (C=O) groups excluding carboxylic acids is 1. The number of anilines is 1. The summed E-state index contributed by atoms with van der Waals surface area (Å²) in [6.07, 6.45) is 1.29. The first-order valence-corrected chi connectivity index (χ1v) is 11.3. The molecule has 0 unspecified atom stereocenters. The van der Waals surface area contributed by atoms with Gasteiger partial charge in [0.15, 0.2) is 6.61 Å². The molecule has 0 spiro atoms. The molecular weight excluding hydrogens is 475 g/mol. The van der Waals surface area contributed by atoms with Gasteiger partial charge >= 0.3 is 0 Å². The predicted octanol–water partition coefficient (Wildman–Crippen LogP) is 3.24. The summed E-state index contributed by atoms with van der Waals surface area (Å²) in [6, 6.07) is 5.22. The number of rotatable bonds is 9. The van der Waals surface area contributed by atoms with Crippen LogP contribution in [0.5, 0.6) is 5.88 Å². The van der Waals surface area contributed by atoms with Gasteiger partial charge in [0.05, 0.1) is 20.0 Å². The van der Waals surface area contributed by atoms with Crippen LogP contribution in [0.4, 0.5) is 5.69 Å². The van der Waals surface area contributed by atoms with Gasteiger partial charge in [0, 0.05) is 26.3 Å². The molecule has 0 aliphatic heterocycles. The van der Waals surface area contributed by atoms with Crippen LogP contribution in [-0.4, -0.2) is 69.9 Å². The molecule has 1 amide bonds. The number of benzene rings is 1. The van der Waals surface area contributed by atoms with Gasteiger partial charge in [-0.25, -0.2) is 13.4 Å². The van der Waals surface area contributed by atoms with Crippen LogP contribution in [0, 0.1) is 0 Å². The second-order valence-electron chi connectivity index (χ2n) is 6.59. The summed E-state index contributed by atoms with van der Waals surface area (Å²) >= 11 is 17.7. The van der Waals surface area contributed by atoms with Crippen LogP contribution in [0.2, 0.25) is 15.1 Å². The van der Waals surface area contributed by atoms with Crippen LogP contribution < -0.4 is 9.46 Å². The molecule has 0 aliphatic rings. The highest BCUT2D eigenvalue weighted by Gasteiger charge is 2.20. The minimum absolute atomic E-state index is 0.0164. The van der Waals surface area contributed by atoms with E-state index in [2.05, 4.69) is 9.71 Å². The van der Waals surface area contributed by atoms with E-state index in [9.17, 15) is 13.2 Å². The first kappa shape index (κ1) is 24.5. The van der Waals surface area contributed by atoms with Crippen molar-refractivity contribution in [2.75, 3.05) is 45.6 Å². The molecule has 0 bridgehead atoms. The fourth-order valence-electron chi connectivity index (χ4n) is 2.18. The number of nitrogens with zero attached hydrogens (tertiary/aromatic N) is 3. The second kappa shape index (κ2) is 10.5. The Kier molecular flexibility index (Phi) is 8.57. The third-order valence-corrected chi connectivity index (χ3v) is 6.21. The van der Waals surface area contributed by atoms with Crippen LogP contribution in [-0.2, 0) is 14.8 Å². The first-order valence-electron chi connectivity index (χ1n) is 8.64. The monoisotopic (exact) mass is 494 g/mol. The smallest absolute Gasteiger partial charge is 0.262 e. The number of amides is 1. The lowest BCUT2D eigenvalue weighted by molar-refractivity contribution is -0.132. The number of hydrogen-bond donors (Lipinski definition) is 1. The summed E-state index contributed by atoms with van der Waals surface area (Å²) in [6.45, 7) is 0.885. The fourth-order valence-corrected chi connectivity index (χ4v) is 3.77. The number of aromatic nitrogens is 1. The minimum Gasteiger partial charge on any atom is -0.466 e. The van der Waals surface area contributed by atoms with E-state index in [-0.39, 0.29) is 44.0 Å². The number of nitrogens with one attached hydrogen (secondary N) is 1. The largest absolute Gasteiger partial charge is 0.466 e. The van der Waals surface area contributed by atoms with Gasteiger partial charge in [0.25, 0.3) is 15.9 Å². The predicted molar refractivity (Wildman–Crippen MR) is 118 cm³/mol. The molecule has 30 heavy (non-hydrogen) atoms. The highest BCUT2D eigenvalue weighted by Crippen LogP contribution is 2.30. The topological polar surface area (TPSA) is 91.8 Å². The summed E-state index contributed by atoms with van der Waals surface area (Å²) in [5.41, 5.74) is -0.0164. The van der Waals surface area contributed by atoms with Crippen molar-refractivity contribution in [3.63, 3.8) is 0 Å². The molecule has 0 saturated carbocycles. The van der Waals surface area contributed by atoms with Gasteiger partial charge in [-0.15, -0.1) is 0 Å². The van der Waals surface area contributed by atoms with Crippen molar-refractivity contribution in [2.45, 2.75) is 4.90 Å². The third-order valence-electron chi connectivity index (χ3n) is 3.90. The zero-order chi connectivity index (χ0) is 22.5. The van der Waals surface area contributed by atoms with Crippen LogP contribution in [0.15, 0.2) is 35.4 Å². The molecule has 1 heterocycles. The molecule has 0 radical (unpaired) electrons. The molecule has 8 nitrogen and oxygen atoms in total. The van der Waals surface area contributed by atoms with Crippen molar-refractivity contribution in [3.05, 3.63) is 45.5 Å². The summed E-state index contributed by atoms with van der Waals surface area (Å²) < 4.78 is 33.2. The maximum Gasteiger partial charge on any atom is 0.262 e. The molecule has 0 fully saturated rings. The molecule has 1 aromatic heterocycles. The van der Waals surface area contributed by atoms with Crippen molar-refractivity contribution in [3.8, 4) is 5.88 Å². The molecule has 164 valence electrons. The lowest BCUT2D eigenvalue weighted by atomic mass is 10.4. The fraction of sp³-hybridized carbons (Fsp3) is 0.333. The van der Waals surface area contributed by atoms with Crippen molar-refractivity contribution in [2.24, 2.45) is 0 Å². The van der Waals surface area contributed by atoms with E-state index in [1.807, 2.05) is 19.0 Å². The van der Waals surface area contributed by atoms with E-state index in [4.69, 9.17) is 39.5 Å². The summed E-state index contributed by atoms with van der Waals surface area (Å²) in [7, 11) is 1.42. The van der Waals surface area contributed by atoms with Gasteiger partial charge in [-0.2, -0.15) is 0 Å². The second-order valence-corrected chi connectivity index (χ2v) is 9.53. The SMILES string of the molecule is CN(C)CCN(C)C(=O)COc1ncc(Cl)cc1NS(=O)(=O)c1ccc(Cl)c(Cl)c1. The van der Waals surface area contributed by atoms with E-state index >= 15 is 0 Å².